The van der Waals surface area contributed by atoms with Crippen molar-refractivity contribution in [3.8, 4) is 0 Å². The highest BCUT2D eigenvalue weighted by Gasteiger charge is 2.17. The standard InChI is InChI=1S/C7H12O4S/c1-5(8)12-4-6(3-11-2)7(9)10/h6H,3-4H2,1-2H3,(H,9,10). The lowest BCUT2D eigenvalue weighted by atomic mass is 10.2. The van der Waals surface area contributed by atoms with Crippen molar-refractivity contribution in [1.82, 2.24) is 0 Å². The largest absolute Gasteiger partial charge is 0.481 e. The van der Waals surface area contributed by atoms with E-state index in [1.165, 1.54) is 14.0 Å². The molecule has 0 spiro atoms. The van der Waals surface area contributed by atoms with Crippen molar-refractivity contribution in [1.29, 1.82) is 0 Å². The Morgan fingerprint density at radius 2 is 2.17 bits per heavy atom. The minimum atomic E-state index is -0.925. The lowest BCUT2D eigenvalue weighted by Crippen LogP contribution is -2.21. The van der Waals surface area contributed by atoms with Crippen molar-refractivity contribution in [2.75, 3.05) is 19.5 Å². The second-order valence-corrected chi connectivity index (χ2v) is 3.49. The zero-order chi connectivity index (χ0) is 9.56. The monoisotopic (exact) mass is 192 g/mol. The van der Waals surface area contributed by atoms with Crippen LogP contribution in [0.1, 0.15) is 6.92 Å². The molecular weight excluding hydrogens is 180 g/mol. The van der Waals surface area contributed by atoms with Gasteiger partial charge in [0.15, 0.2) is 5.12 Å². The second-order valence-electron chi connectivity index (χ2n) is 2.29. The molecule has 0 saturated carbocycles. The summed E-state index contributed by atoms with van der Waals surface area (Å²) in [5.74, 6) is -1.24. The Morgan fingerprint density at radius 1 is 1.58 bits per heavy atom. The summed E-state index contributed by atoms with van der Waals surface area (Å²) in [5, 5.41) is 8.54. The number of thioether (sulfide) groups is 1. The molecule has 0 aromatic rings. The number of rotatable bonds is 5. The van der Waals surface area contributed by atoms with Crippen molar-refractivity contribution in [2.45, 2.75) is 6.92 Å². The average molecular weight is 192 g/mol. The van der Waals surface area contributed by atoms with E-state index in [4.69, 9.17) is 9.84 Å². The fraction of sp³-hybridized carbons (Fsp3) is 0.714. The zero-order valence-corrected chi connectivity index (χ0v) is 7.89. The Balaban J connectivity index is 3.79. The summed E-state index contributed by atoms with van der Waals surface area (Å²) in [7, 11) is 1.44. The van der Waals surface area contributed by atoms with Crippen LogP contribution in [0.2, 0.25) is 0 Å². The van der Waals surface area contributed by atoms with Crippen LogP contribution in [-0.2, 0) is 14.3 Å². The summed E-state index contributed by atoms with van der Waals surface area (Å²) in [6.07, 6.45) is 0. The third kappa shape index (κ3) is 5.15. The van der Waals surface area contributed by atoms with Gasteiger partial charge in [-0.2, -0.15) is 0 Å². The maximum atomic E-state index is 10.5. The van der Waals surface area contributed by atoms with Crippen LogP contribution in [0, 0.1) is 5.92 Å². The maximum Gasteiger partial charge on any atom is 0.309 e. The molecule has 0 aromatic carbocycles. The van der Waals surface area contributed by atoms with E-state index in [0.29, 0.717) is 0 Å². The third-order valence-electron chi connectivity index (χ3n) is 1.20. The molecule has 0 fully saturated rings. The van der Waals surface area contributed by atoms with Gasteiger partial charge in [-0.3, -0.25) is 9.59 Å². The van der Waals surface area contributed by atoms with Gasteiger partial charge in [0.05, 0.1) is 12.5 Å². The van der Waals surface area contributed by atoms with E-state index in [2.05, 4.69) is 0 Å². The average Bonchev–Trinajstić information content (AvgIpc) is 1.96. The quantitative estimate of drug-likeness (QED) is 0.691. The van der Waals surface area contributed by atoms with Gasteiger partial charge >= 0.3 is 5.97 Å². The Labute approximate surface area is 75.3 Å². The first-order valence-electron chi connectivity index (χ1n) is 3.43. The fourth-order valence-electron chi connectivity index (χ4n) is 0.610. The summed E-state index contributed by atoms with van der Waals surface area (Å²) >= 11 is 1.01. The molecule has 5 heteroatoms. The lowest BCUT2D eigenvalue weighted by molar-refractivity contribution is -0.142. The smallest absolute Gasteiger partial charge is 0.309 e. The van der Waals surface area contributed by atoms with Gasteiger partial charge in [0, 0.05) is 19.8 Å². The molecule has 70 valence electrons. The molecule has 0 aliphatic heterocycles. The Hall–Kier alpha value is -0.550. The van der Waals surface area contributed by atoms with Gasteiger partial charge in [-0.05, 0) is 0 Å². The predicted molar refractivity (Wildman–Crippen MR) is 46.1 cm³/mol. The molecule has 12 heavy (non-hydrogen) atoms. The van der Waals surface area contributed by atoms with Crippen LogP contribution in [0.25, 0.3) is 0 Å². The van der Waals surface area contributed by atoms with E-state index in [0.717, 1.165) is 11.8 Å². The highest BCUT2D eigenvalue weighted by Crippen LogP contribution is 2.09. The summed E-state index contributed by atoms with van der Waals surface area (Å²) in [6, 6.07) is 0. The molecule has 0 heterocycles. The molecule has 0 amide bonds. The fourth-order valence-corrected chi connectivity index (χ4v) is 1.28. The van der Waals surface area contributed by atoms with E-state index in [-0.39, 0.29) is 17.5 Å². The number of hydrogen-bond donors (Lipinski definition) is 1. The minimum absolute atomic E-state index is 0.0719. The van der Waals surface area contributed by atoms with Gasteiger partial charge in [0.1, 0.15) is 0 Å². The summed E-state index contributed by atoms with van der Waals surface area (Å²) < 4.78 is 4.69. The molecule has 0 aromatic heterocycles. The van der Waals surface area contributed by atoms with Gasteiger partial charge < -0.3 is 9.84 Å². The van der Waals surface area contributed by atoms with E-state index >= 15 is 0 Å². The number of ether oxygens (including phenoxy) is 1. The van der Waals surface area contributed by atoms with Crippen LogP contribution in [0.5, 0.6) is 0 Å². The van der Waals surface area contributed by atoms with Crippen LogP contribution in [0.3, 0.4) is 0 Å². The molecule has 4 nitrogen and oxygen atoms in total. The SMILES string of the molecule is COCC(CSC(C)=O)C(=O)O. The molecule has 0 bridgehead atoms. The number of hydrogen-bond acceptors (Lipinski definition) is 4. The first-order valence-corrected chi connectivity index (χ1v) is 4.41. The molecule has 1 atom stereocenters. The first-order chi connectivity index (χ1) is 5.57. The van der Waals surface area contributed by atoms with E-state index in [1.54, 1.807) is 0 Å². The van der Waals surface area contributed by atoms with Crippen LogP contribution in [0.4, 0.5) is 0 Å². The number of aliphatic carboxylic acids is 1. The number of carboxylic acids is 1. The van der Waals surface area contributed by atoms with Crippen molar-refractivity contribution in [2.24, 2.45) is 5.92 Å². The summed E-state index contributed by atoms with van der Waals surface area (Å²) in [4.78, 5) is 21.0. The number of carbonyl (C=O) groups is 2. The molecule has 0 aliphatic carbocycles. The van der Waals surface area contributed by atoms with E-state index in [9.17, 15) is 9.59 Å². The van der Waals surface area contributed by atoms with Crippen molar-refractivity contribution >= 4 is 22.8 Å². The summed E-state index contributed by atoms with van der Waals surface area (Å²) in [6.45, 7) is 1.56. The Bertz CT molecular complexity index is 169. The van der Waals surface area contributed by atoms with Gasteiger partial charge in [-0.15, -0.1) is 0 Å². The molecule has 0 saturated heterocycles. The van der Waals surface area contributed by atoms with Gasteiger partial charge in [0.25, 0.3) is 0 Å². The second kappa shape index (κ2) is 6.02. The zero-order valence-electron chi connectivity index (χ0n) is 7.07. The van der Waals surface area contributed by atoms with Crippen molar-refractivity contribution in [3.63, 3.8) is 0 Å². The van der Waals surface area contributed by atoms with Crippen LogP contribution >= 0.6 is 11.8 Å². The van der Waals surface area contributed by atoms with Crippen LogP contribution in [-0.4, -0.2) is 35.7 Å². The molecule has 1 unspecified atom stereocenters. The van der Waals surface area contributed by atoms with Crippen LogP contribution < -0.4 is 0 Å². The Kier molecular flexibility index (Phi) is 5.74. The van der Waals surface area contributed by atoms with E-state index in [1.807, 2.05) is 0 Å². The summed E-state index contributed by atoms with van der Waals surface area (Å²) in [5.41, 5.74) is 0. The molecule has 0 rings (SSSR count). The van der Waals surface area contributed by atoms with Crippen molar-refractivity contribution < 1.29 is 19.4 Å². The number of methoxy groups -OCH3 is 1. The minimum Gasteiger partial charge on any atom is -0.481 e. The number of carbonyl (C=O) groups excluding carboxylic acids is 1. The predicted octanol–water partition coefficient (Wildman–Crippen LogP) is 0.613. The maximum absolute atomic E-state index is 10.5. The Morgan fingerprint density at radius 3 is 2.50 bits per heavy atom. The topological polar surface area (TPSA) is 63.6 Å². The van der Waals surface area contributed by atoms with Gasteiger partial charge in [0.2, 0.25) is 0 Å². The van der Waals surface area contributed by atoms with Crippen LogP contribution in [0.15, 0.2) is 0 Å². The first kappa shape index (κ1) is 11.4. The molecule has 1 N–H and O–H groups in total. The van der Waals surface area contributed by atoms with Gasteiger partial charge in [-0.1, -0.05) is 11.8 Å². The molecule has 0 radical (unpaired) electrons. The van der Waals surface area contributed by atoms with Crippen molar-refractivity contribution in [3.05, 3.63) is 0 Å². The normalized spacial score (nSPS) is 12.5. The third-order valence-corrected chi connectivity index (χ3v) is 2.18. The number of carboxylic acid groups (broad SMARTS) is 1. The molecule has 0 aliphatic rings. The highest BCUT2D eigenvalue weighted by atomic mass is 32.2. The van der Waals surface area contributed by atoms with Gasteiger partial charge in [-0.25, -0.2) is 0 Å². The van der Waals surface area contributed by atoms with E-state index < -0.39 is 11.9 Å². The molecular formula is C7H12O4S. The lowest BCUT2D eigenvalue weighted by Gasteiger charge is -2.08. The highest BCUT2D eigenvalue weighted by molar-refractivity contribution is 8.13.